The lowest BCUT2D eigenvalue weighted by Crippen LogP contribution is -2.28. The number of rotatable bonds is 3. The summed E-state index contributed by atoms with van der Waals surface area (Å²) in [6.07, 6.45) is 0.693. The number of cyclic esters (lactones) is 1. The summed E-state index contributed by atoms with van der Waals surface area (Å²) in [4.78, 5) is 23.3. The number of hydrogen-bond donors (Lipinski definition) is 0. The molecule has 1 aliphatic heterocycles. The van der Waals surface area contributed by atoms with Crippen molar-refractivity contribution in [1.29, 1.82) is 0 Å². The second kappa shape index (κ2) is 4.44. The van der Waals surface area contributed by atoms with Crippen LogP contribution in [0.4, 0.5) is 0 Å². The van der Waals surface area contributed by atoms with Crippen molar-refractivity contribution in [2.45, 2.75) is 33.8 Å². The van der Waals surface area contributed by atoms with Gasteiger partial charge < -0.3 is 9.47 Å². The fourth-order valence-electron chi connectivity index (χ4n) is 1.55. The molecule has 4 nitrogen and oxygen atoms in total. The molecule has 0 aliphatic carbocycles. The van der Waals surface area contributed by atoms with Crippen LogP contribution in [0.3, 0.4) is 0 Å². The highest BCUT2D eigenvalue weighted by molar-refractivity contribution is 5.94. The van der Waals surface area contributed by atoms with Crippen molar-refractivity contribution < 1.29 is 19.1 Å². The van der Waals surface area contributed by atoms with Crippen molar-refractivity contribution in [2.24, 2.45) is 5.41 Å². The van der Waals surface area contributed by atoms with E-state index in [2.05, 4.69) is 0 Å². The fraction of sp³-hybridized carbons (Fsp3) is 0.429. The van der Waals surface area contributed by atoms with Crippen LogP contribution < -0.4 is 4.74 Å². The maximum absolute atomic E-state index is 11.9. The van der Waals surface area contributed by atoms with Gasteiger partial charge in [-0.15, -0.1) is 0 Å². The molecule has 0 radical (unpaired) electrons. The van der Waals surface area contributed by atoms with Crippen LogP contribution in [0.15, 0.2) is 18.2 Å². The molecule has 0 aromatic heterocycles. The Morgan fingerprint density at radius 1 is 1.44 bits per heavy atom. The normalized spacial score (nSPS) is 14.1. The molecular formula is C14H16O4. The van der Waals surface area contributed by atoms with Gasteiger partial charge in [0.2, 0.25) is 0 Å². The molecule has 0 fully saturated rings. The second-order valence-electron chi connectivity index (χ2n) is 5.02. The fourth-order valence-corrected chi connectivity index (χ4v) is 1.55. The molecule has 0 atom stereocenters. The van der Waals surface area contributed by atoms with Crippen LogP contribution >= 0.6 is 0 Å². The Bertz CT molecular complexity index is 503. The van der Waals surface area contributed by atoms with Crippen LogP contribution in [0.1, 0.15) is 43.1 Å². The van der Waals surface area contributed by atoms with Gasteiger partial charge in [-0.05, 0) is 32.4 Å². The highest BCUT2D eigenvalue weighted by Gasteiger charge is 2.28. The number of esters is 2. The van der Waals surface area contributed by atoms with Gasteiger partial charge in [0.25, 0.3) is 0 Å². The largest absolute Gasteiger partial charge is 0.457 e. The number of fused-ring (bicyclic) bond motifs is 1. The second-order valence-corrected chi connectivity index (χ2v) is 5.02. The van der Waals surface area contributed by atoms with Gasteiger partial charge in [-0.3, -0.25) is 4.79 Å². The molecule has 0 saturated carbocycles. The Morgan fingerprint density at radius 3 is 2.83 bits per heavy atom. The SMILES string of the molecule is CCC(C)(C)C(=O)Oc1ccc2c(c1)C(=O)OC2. The summed E-state index contributed by atoms with van der Waals surface area (Å²) in [5.74, 6) is -0.270. The van der Waals surface area contributed by atoms with Crippen LogP contribution in [0.2, 0.25) is 0 Å². The minimum Gasteiger partial charge on any atom is -0.457 e. The van der Waals surface area contributed by atoms with Crippen molar-refractivity contribution >= 4 is 11.9 Å². The summed E-state index contributed by atoms with van der Waals surface area (Å²) in [7, 11) is 0. The van der Waals surface area contributed by atoms with E-state index in [1.165, 1.54) is 0 Å². The summed E-state index contributed by atoms with van der Waals surface area (Å²) in [5.41, 5.74) is 0.781. The highest BCUT2D eigenvalue weighted by atomic mass is 16.5. The van der Waals surface area contributed by atoms with Gasteiger partial charge >= 0.3 is 11.9 Å². The lowest BCUT2D eigenvalue weighted by atomic mass is 9.91. The first-order chi connectivity index (χ1) is 8.44. The van der Waals surface area contributed by atoms with Gasteiger partial charge in [0.05, 0.1) is 11.0 Å². The van der Waals surface area contributed by atoms with E-state index < -0.39 is 5.41 Å². The van der Waals surface area contributed by atoms with E-state index in [-0.39, 0.29) is 11.9 Å². The summed E-state index contributed by atoms with van der Waals surface area (Å²) in [5, 5.41) is 0. The van der Waals surface area contributed by atoms with E-state index in [1.54, 1.807) is 18.2 Å². The first-order valence-electron chi connectivity index (χ1n) is 5.96. The third kappa shape index (κ3) is 2.23. The predicted molar refractivity (Wildman–Crippen MR) is 65.3 cm³/mol. The Balaban J connectivity index is 2.19. The van der Waals surface area contributed by atoms with E-state index >= 15 is 0 Å². The maximum Gasteiger partial charge on any atom is 0.339 e. The average molecular weight is 248 g/mol. The zero-order valence-corrected chi connectivity index (χ0v) is 10.8. The van der Waals surface area contributed by atoms with E-state index in [0.717, 1.165) is 5.56 Å². The average Bonchev–Trinajstić information content (AvgIpc) is 2.71. The number of carbonyl (C=O) groups excluding carboxylic acids is 2. The Morgan fingerprint density at radius 2 is 2.17 bits per heavy atom. The number of carbonyl (C=O) groups is 2. The van der Waals surface area contributed by atoms with Crippen molar-refractivity contribution in [3.05, 3.63) is 29.3 Å². The summed E-state index contributed by atoms with van der Waals surface area (Å²) in [6, 6.07) is 5.00. The number of ether oxygens (including phenoxy) is 2. The van der Waals surface area contributed by atoms with Gasteiger partial charge in [-0.2, -0.15) is 0 Å². The molecule has 1 aliphatic rings. The Hall–Kier alpha value is -1.84. The van der Waals surface area contributed by atoms with E-state index in [1.807, 2.05) is 20.8 Å². The van der Waals surface area contributed by atoms with Crippen LogP contribution in [0, 0.1) is 5.41 Å². The molecule has 1 heterocycles. The predicted octanol–water partition coefficient (Wildman–Crippen LogP) is 2.70. The summed E-state index contributed by atoms with van der Waals surface area (Å²) >= 11 is 0. The topological polar surface area (TPSA) is 52.6 Å². The molecule has 96 valence electrons. The van der Waals surface area contributed by atoms with Crippen LogP contribution in [-0.2, 0) is 16.1 Å². The van der Waals surface area contributed by atoms with Gasteiger partial charge in [0.15, 0.2) is 0 Å². The lowest BCUT2D eigenvalue weighted by Gasteiger charge is -2.20. The first-order valence-corrected chi connectivity index (χ1v) is 5.96. The van der Waals surface area contributed by atoms with E-state index in [0.29, 0.717) is 24.3 Å². The lowest BCUT2D eigenvalue weighted by molar-refractivity contribution is -0.144. The molecular weight excluding hydrogens is 232 g/mol. The molecule has 1 aromatic carbocycles. The van der Waals surface area contributed by atoms with Gasteiger partial charge in [-0.25, -0.2) is 4.79 Å². The monoisotopic (exact) mass is 248 g/mol. The van der Waals surface area contributed by atoms with E-state index in [9.17, 15) is 9.59 Å². The zero-order valence-electron chi connectivity index (χ0n) is 10.8. The third-order valence-electron chi connectivity index (χ3n) is 3.31. The molecule has 0 spiro atoms. The zero-order chi connectivity index (χ0) is 13.3. The van der Waals surface area contributed by atoms with Crippen molar-refractivity contribution in [3.8, 4) is 5.75 Å². The Kier molecular flexibility index (Phi) is 3.11. The molecule has 18 heavy (non-hydrogen) atoms. The third-order valence-corrected chi connectivity index (χ3v) is 3.31. The molecule has 0 unspecified atom stereocenters. The standard InChI is InChI=1S/C14H16O4/c1-4-14(2,3)13(16)18-10-6-5-9-8-17-12(15)11(9)7-10/h5-7H,4,8H2,1-3H3. The van der Waals surface area contributed by atoms with Crippen LogP contribution in [-0.4, -0.2) is 11.9 Å². The molecule has 0 N–H and O–H groups in total. The van der Waals surface area contributed by atoms with Gasteiger partial charge in [-0.1, -0.05) is 13.0 Å². The molecule has 0 saturated heterocycles. The first kappa shape index (κ1) is 12.6. The van der Waals surface area contributed by atoms with Crippen LogP contribution in [0.5, 0.6) is 5.75 Å². The van der Waals surface area contributed by atoms with Crippen molar-refractivity contribution in [3.63, 3.8) is 0 Å². The smallest absolute Gasteiger partial charge is 0.339 e. The van der Waals surface area contributed by atoms with E-state index in [4.69, 9.17) is 9.47 Å². The number of hydrogen-bond acceptors (Lipinski definition) is 4. The van der Waals surface area contributed by atoms with Gasteiger partial charge in [0, 0.05) is 5.56 Å². The number of benzene rings is 1. The molecule has 2 rings (SSSR count). The van der Waals surface area contributed by atoms with Crippen molar-refractivity contribution in [2.75, 3.05) is 0 Å². The summed E-state index contributed by atoms with van der Waals surface area (Å²) in [6.45, 7) is 5.89. The van der Waals surface area contributed by atoms with Crippen molar-refractivity contribution in [1.82, 2.24) is 0 Å². The minimum absolute atomic E-state index is 0.294. The maximum atomic E-state index is 11.9. The van der Waals surface area contributed by atoms with Gasteiger partial charge in [0.1, 0.15) is 12.4 Å². The molecule has 0 bridgehead atoms. The quantitative estimate of drug-likeness (QED) is 0.609. The molecule has 0 amide bonds. The minimum atomic E-state index is -0.528. The Labute approximate surface area is 106 Å². The molecule has 1 aromatic rings. The highest BCUT2D eigenvalue weighted by Crippen LogP contribution is 2.27. The summed E-state index contributed by atoms with van der Waals surface area (Å²) < 4.78 is 10.2. The van der Waals surface area contributed by atoms with Crippen LogP contribution in [0.25, 0.3) is 0 Å². The molecule has 4 heteroatoms.